The van der Waals surface area contributed by atoms with E-state index in [1.54, 1.807) is 0 Å². The van der Waals surface area contributed by atoms with Crippen molar-refractivity contribution < 1.29 is 5.11 Å². The van der Waals surface area contributed by atoms with Crippen LogP contribution in [0.15, 0.2) is 0 Å². The zero-order chi connectivity index (χ0) is 10.6. The quantitative estimate of drug-likeness (QED) is 0.733. The molecule has 0 amide bonds. The van der Waals surface area contributed by atoms with Crippen LogP contribution in [0.2, 0.25) is 0 Å². The van der Waals surface area contributed by atoms with Gasteiger partial charge in [-0.05, 0) is 42.9 Å². The van der Waals surface area contributed by atoms with Gasteiger partial charge in [0.1, 0.15) is 0 Å². The van der Waals surface area contributed by atoms with Gasteiger partial charge in [0.2, 0.25) is 0 Å². The Labute approximate surface area is 88.9 Å². The van der Waals surface area contributed by atoms with Crippen LogP contribution < -0.4 is 0 Å². The molecule has 0 spiro atoms. The predicted molar refractivity (Wildman–Crippen MR) is 61.2 cm³/mol. The number of hydrogen-bond acceptors (Lipinski definition) is 1. The first-order valence-corrected chi connectivity index (χ1v) is 6.24. The Balaban J connectivity index is 2.22. The maximum Gasteiger partial charge on any atom is 0.0456 e. The van der Waals surface area contributed by atoms with Crippen molar-refractivity contribution in [2.75, 3.05) is 6.61 Å². The molecule has 0 saturated heterocycles. The third-order valence-corrected chi connectivity index (χ3v) is 3.88. The smallest absolute Gasteiger partial charge is 0.0456 e. The summed E-state index contributed by atoms with van der Waals surface area (Å²) < 4.78 is 0. The van der Waals surface area contributed by atoms with Crippen LogP contribution in [0.5, 0.6) is 0 Å². The van der Waals surface area contributed by atoms with Gasteiger partial charge >= 0.3 is 0 Å². The third kappa shape index (κ3) is 3.61. The van der Waals surface area contributed by atoms with E-state index in [1.807, 2.05) is 0 Å². The topological polar surface area (TPSA) is 20.2 Å². The Kier molecular flexibility index (Phi) is 4.94. The lowest BCUT2D eigenvalue weighted by Gasteiger charge is -2.31. The highest BCUT2D eigenvalue weighted by atomic mass is 16.3. The minimum Gasteiger partial charge on any atom is -0.396 e. The summed E-state index contributed by atoms with van der Waals surface area (Å²) in [5.41, 5.74) is 0. The molecule has 1 atom stereocenters. The molecule has 0 aliphatic heterocycles. The van der Waals surface area contributed by atoms with Crippen LogP contribution >= 0.6 is 0 Å². The van der Waals surface area contributed by atoms with Gasteiger partial charge in [0.25, 0.3) is 0 Å². The largest absolute Gasteiger partial charge is 0.396 e. The molecule has 0 heterocycles. The predicted octanol–water partition coefficient (Wildman–Crippen LogP) is 3.47. The van der Waals surface area contributed by atoms with Gasteiger partial charge < -0.3 is 5.11 Å². The van der Waals surface area contributed by atoms with Crippen molar-refractivity contribution in [1.82, 2.24) is 0 Å². The first-order valence-electron chi connectivity index (χ1n) is 6.24. The van der Waals surface area contributed by atoms with E-state index >= 15 is 0 Å². The Bertz CT molecular complexity index is 145. The molecule has 1 unspecified atom stereocenters. The summed E-state index contributed by atoms with van der Waals surface area (Å²) in [5, 5.41) is 9.01. The van der Waals surface area contributed by atoms with E-state index in [4.69, 9.17) is 5.11 Å². The van der Waals surface area contributed by atoms with Crippen molar-refractivity contribution in [1.29, 1.82) is 0 Å². The molecule has 1 rings (SSSR count). The summed E-state index contributed by atoms with van der Waals surface area (Å²) in [5.74, 6) is 3.24. The number of aliphatic hydroxyl groups excluding tert-OH is 1. The molecule has 1 nitrogen and oxygen atoms in total. The van der Waals surface area contributed by atoms with Gasteiger partial charge in [0.05, 0.1) is 0 Å². The van der Waals surface area contributed by atoms with Crippen molar-refractivity contribution in [3.05, 3.63) is 0 Å². The second-order valence-electron chi connectivity index (χ2n) is 5.55. The molecule has 0 aromatic heterocycles. The fraction of sp³-hybridized carbons (Fsp3) is 1.00. The Morgan fingerprint density at radius 1 is 1.07 bits per heavy atom. The lowest BCUT2D eigenvalue weighted by Crippen LogP contribution is -2.20. The Morgan fingerprint density at radius 3 is 2.07 bits per heavy atom. The molecule has 0 bridgehead atoms. The normalized spacial score (nSPS) is 30.6. The van der Waals surface area contributed by atoms with E-state index in [1.165, 1.54) is 32.1 Å². The highest BCUT2D eigenvalue weighted by Gasteiger charge is 2.23. The minimum absolute atomic E-state index is 0.365. The molecule has 1 heteroatoms. The van der Waals surface area contributed by atoms with Gasteiger partial charge in [-0.25, -0.2) is 0 Å². The zero-order valence-corrected chi connectivity index (χ0v) is 10.00. The molecule has 1 aliphatic rings. The fourth-order valence-electron chi connectivity index (χ4n) is 2.73. The molecule has 1 saturated carbocycles. The van der Waals surface area contributed by atoms with Crippen molar-refractivity contribution in [3.63, 3.8) is 0 Å². The van der Waals surface area contributed by atoms with Gasteiger partial charge in [-0.15, -0.1) is 0 Å². The summed E-state index contributed by atoms with van der Waals surface area (Å²) in [4.78, 5) is 0. The van der Waals surface area contributed by atoms with Crippen LogP contribution in [0.4, 0.5) is 0 Å². The van der Waals surface area contributed by atoms with E-state index in [9.17, 15) is 0 Å². The molecule has 14 heavy (non-hydrogen) atoms. The van der Waals surface area contributed by atoms with Crippen LogP contribution in [0.1, 0.15) is 52.9 Å². The summed E-state index contributed by atoms with van der Waals surface area (Å²) in [6.07, 6.45) is 6.86. The molecule has 1 fully saturated rings. The maximum absolute atomic E-state index is 9.01. The molecule has 0 aromatic rings. The van der Waals surface area contributed by atoms with Crippen LogP contribution in [-0.4, -0.2) is 11.7 Å². The minimum atomic E-state index is 0.365. The highest BCUT2D eigenvalue weighted by Crippen LogP contribution is 2.35. The third-order valence-electron chi connectivity index (χ3n) is 3.88. The second-order valence-corrected chi connectivity index (χ2v) is 5.55. The average Bonchev–Trinajstić information content (AvgIpc) is 2.18. The summed E-state index contributed by atoms with van der Waals surface area (Å²) >= 11 is 0. The second kappa shape index (κ2) is 5.75. The standard InChI is InChI=1S/C13H26O/c1-10(2)13-6-4-12(5-7-13)8-11(3)9-14/h10-14H,4-9H2,1-3H3. The van der Waals surface area contributed by atoms with E-state index in [2.05, 4.69) is 20.8 Å². The first kappa shape index (κ1) is 12.0. The van der Waals surface area contributed by atoms with Crippen LogP contribution in [0, 0.1) is 23.7 Å². The Morgan fingerprint density at radius 2 is 1.64 bits per heavy atom. The monoisotopic (exact) mass is 198 g/mol. The van der Waals surface area contributed by atoms with Crippen molar-refractivity contribution in [3.8, 4) is 0 Å². The van der Waals surface area contributed by atoms with Crippen LogP contribution in [-0.2, 0) is 0 Å². The van der Waals surface area contributed by atoms with Gasteiger partial charge in [-0.3, -0.25) is 0 Å². The van der Waals surface area contributed by atoms with Gasteiger partial charge in [-0.2, -0.15) is 0 Å². The molecule has 0 radical (unpaired) electrons. The van der Waals surface area contributed by atoms with Crippen molar-refractivity contribution >= 4 is 0 Å². The van der Waals surface area contributed by atoms with Crippen molar-refractivity contribution in [2.45, 2.75) is 52.9 Å². The van der Waals surface area contributed by atoms with E-state index in [0.717, 1.165) is 17.8 Å². The average molecular weight is 198 g/mol. The molecule has 1 N–H and O–H groups in total. The van der Waals surface area contributed by atoms with Crippen molar-refractivity contribution in [2.24, 2.45) is 23.7 Å². The molecule has 84 valence electrons. The molecule has 0 aromatic carbocycles. The fourth-order valence-corrected chi connectivity index (χ4v) is 2.73. The molecular formula is C13H26O. The lowest BCUT2D eigenvalue weighted by atomic mass is 9.74. The van der Waals surface area contributed by atoms with Crippen LogP contribution in [0.3, 0.4) is 0 Å². The summed E-state index contributed by atoms with van der Waals surface area (Å²) in [7, 11) is 0. The Hall–Kier alpha value is -0.0400. The molecule has 1 aliphatic carbocycles. The number of hydrogen-bond donors (Lipinski definition) is 1. The van der Waals surface area contributed by atoms with E-state index < -0.39 is 0 Å². The first-order chi connectivity index (χ1) is 6.63. The molecular weight excluding hydrogens is 172 g/mol. The SMILES string of the molecule is CC(CO)CC1CCC(C(C)C)CC1. The zero-order valence-electron chi connectivity index (χ0n) is 10.00. The lowest BCUT2D eigenvalue weighted by molar-refractivity contribution is 0.168. The summed E-state index contributed by atoms with van der Waals surface area (Å²) in [6, 6.07) is 0. The maximum atomic E-state index is 9.01. The number of rotatable bonds is 4. The van der Waals surface area contributed by atoms with E-state index in [-0.39, 0.29) is 0 Å². The van der Waals surface area contributed by atoms with Gasteiger partial charge in [0, 0.05) is 6.61 Å². The highest BCUT2D eigenvalue weighted by molar-refractivity contribution is 4.75. The number of aliphatic hydroxyl groups is 1. The van der Waals surface area contributed by atoms with Gasteiger partial charge in [-0.1, -0.05) is 33.6 Å². The van der Waals surface area contributed by atoms with Gasteiger partial charge in [0.15, 0.2) is 0 Å². The van der Waals surface area contributed by atoms with E-state index in [0.29, 0.717) is 12.5 Å². The van der Waals surface area contributed by atoms with Crippen LogP contribution in [0.25, 0.3) is 0 Å². The summed E-state index contributed by atoms with van der Waals surface area (Å²) in [6.45, 7) is 7.22.